The van der Waals surface area contributed by atoms with E-state index in [9.17, 15) is 9.59 Å². The first kappa shape index (κ1) is 12.1. The molecule has 1 atom stereocenters. The second-order valence-electron chi connectivity index (χ2n) is 3.88. The molecule has 0 spiro atoms. The fourth-order valence-corrected chi connectivity index (χ4v) is 1.30. The van der Waals surface area contributed by atoms with Crippen LogP contribution >= 0.6 is 0 Å². The molecule has 13 heavy (non-hydrogen) atoms. The van der Waals surface area contributed by atoms with E-state index in [1.165, 1.54) is 7.11 Å². The van der Waals surface area contributed by atoms with Gasteiger partial charge in [0.05, 0.1) is 12.5 Å². The van der Waals surface area contributed by atoms with Gasteiger partial charge in [0.1, 0.15) is 6.29 Å². The molecule has 0 amide bonds. The molecular weight excluding hydrogens is 168 g/mol. The highest BCUT2D eigenvalue weighted by Gasteiger charge is 2.31. The molecule has 0 aliphatic carbocycles. The fourth-order valence-electron chi connectivity index (χ4n) is 1.30. The maximum absolute atomic E-state index is 11.3. The molecule has 0 saturated carbocycles. The zero-order chi connectivity index (χ0) is 10.5. The smallest absolute Gasteiger partial charge is 0.311 e. The third-order valence-electron chi connectivity index (χ3n) is 2.23. The van der Waals surface area contributed by atoms with Gasteiger partial charge in [-0.1, -0.05) is 6.92 Å². The highest BCUT2D eigenvalue weighted by atomic mass is 16.5. The van der Waals surface area contributed by atoms with E-state index in [0.29, 0.717) is 6.42 Å². The predicted molar refractivity (Wildman–Crippen MR) is 50.3 cm³/mol. The third kappa shape index (κ3) is 3.57. The van der Waals surface area contributed by atoms with Gasteiger partial charge in [0.15, 0.2) is 0 Å². The Morgan fingerprint density at radius 1 is 1.54 bits per heavy atom. The number of ether oxygens (including phenoxy) is 1. The largest absolute Gasteiger partial charge is 0.469 e. The monoisotopic (exact) mass is 186 g/mol. The lowest BCUT2D eigenvalue weighted by Crippen LogP contribution is -2.28. The summed E-state index contributed by atoms with van der Waals surface area (Å²) in [5.41, 5.74) is -0.559. The molecule has 0 aromatic rings. The Balaban J connectivity index is 4.30. The van der Waals surface area contributed by atoms with Crippen molar-refractivity contribution in [1.82, 2.24) is 0 Å². The molecule has 0 saturated heterocycles. The first-order valence-corrected chi connectivity index (χ1v) is 4.51. The van der Waals surface area contributed by atoms with Gasteiger partial charge in [-0.05, 0) is 26.7 Å². The van der Waals surface area contributed by atoms with Crippen molar-refractivity contribution in [2.45, 2.75) is 33.6 Å². The zero-order valence-electron chi connectivity index (χ0n) is 8.79. The Kier molecular flexibility index (Phi) is 4.67. The fraction of sp³-hybridized carbons (Fsp3) is 0.800. The summed E-state index contributed by atoms with van der Waals surface area (Å²) in [5, 5.41) is 0. The Morgan fingerprint density at radius 3 is 2.38 bits per heavy atom. The highest BCUT2D eigenvalue weighted by Crippen LogP contribution is 2.27. The standard InChI is InChI=1S/C10H18O3/c1-5-8(7-11)6-10(2,3)9(12)13-4/h7-8H,5-6H2,1-4H3. The van der Waals surface area contributed by atoms with Crippen molar-refractivity contribution >= 4 is 12.3 Å². The van der Waals surface area contributed by atoms with Crippen LogP contribution in [-0.2, 0) is 14.3 Å². The zero-order valence-corrected chi connectivity index (χ0v) is 8.79. The Morgan fingerprint density at radius 2 is 2.08 bits per heavy atom. The lowest BCUT2D eigenvalue weighted by molar-refractivity contribution is -0.151. The van der Waals surface area contributed by atoms with Gasteiger partial charge in [-0.3, -0.25) is 4.79 Å². The van der Waals surface area contributed by atoms with Crippen LogP contribution in [0.2, 0.25) is 0 Å². The molecule has 3 nitrogen and oxygen atoms in total. The molecule has 0 aliphatic rings. The maximum Gasteiger partial charge on any atom is 0.311 e. The molecule has 76 valence electrons. The summed E-state index contributed by atoms with van der Waals surface area (Å²) in [6.45, 7) is 5.53. The molecule has 0 bridgehead atoms. The van der Waals surface area contributed by atoms with Gasteiger partial charge in [-0.2, -0.15) is 0 Å². The molecule has 0 aromatic carbocycles. The van der Waals surface area contributed by atoms with Crippen molar-refractivity contribution < 1.29 is 14.3 Å². The van der Waals surface area contributed by atoms with E-state index in [1.54, 1.807) is 13.8 Å². The molecule has 0 aromatic heterocycles. The van der Waals surface area contributed by atoms with E-state index in [-0.39, 0.29) is 11.9 Å². The number of rotatable bonds is 5. The minimum absolute atomic E-state index is 0.0471. The van der Waals surface area contributed by atoms with Crippen molar-refractivity contribution in [3.8, 4) is 0 Å². The average Bonchev–Trinajstić information content (AvgIpc) is 2.12. The molecule has 0 rings (SSSR count). The number of hydrogen-bond donors (Lipinski definition) is 0. The van der Waals surface area contributed by atoms with E-state index in [0.717, 1.165) is 12.7 Å². The highest BCUT2D eigenvalue weighted by molar-refractivity contribution is 5.76. The molecule has 1 unspecified atom stereocenters. The molecule has 0 heterocycles. The normalized spacial score (nSPS) is 13.5. The number of hydrogen-bond acceptors (Lipinski definition) is 3. The summed E-state index contributed by atoms with van der Waals surface area (Å²) in [6, 6.07) is 0. The second kappa shape index (κ2) is 5.00. The van der Waals surface area contributed by atoms with Gasteiger partial charge in [-0.25, -0.2) is 0 Å². The van der Waals surface area contributed by atoms with E-state index >= 15 is 0 Å². The molecule has 0 fully saturated rings. The predicted octanol–water partition coefficient (Wildman–Crippen LogP) is 1.80. The van der Waals surface area contributed by atoms with Crippen molar-refractivity contribution in [1.29, 1.82) is 0 Å². The Labute approximate surface area is 79.5 Å². The van der Waals surface area contributed by atoms with Crippen molar-refractivity contribution in [2.24, 2.45) is 11.3 Å². The van der Waals surface area contributed by atoms with E-state index < -0.39 is 5.41 Å². The summed E-state index contributed by atoms with van der Waals surface area (Å²) in [7, 11) is 1.37. The Bertz CT molecular complexity index is 185. The van der Waals surface area contributed by atoms with Crippen LogP contribution < -0.4 is 0 Å². The van der Waals surface area contributed by atoms with Gasteiger partial charge in [0.25, 0.3) is 0 Å². The van der Waals surface area contributed by atoms with Gasteiger partial charge in [0.2, 0.25) is 0 Å². The number of esters is 1. The quantitative estimate of drug-likeness (QED) is 0.485. The second-order valence-corrected chi connectivity index (χ2v) is 3.88. The first-order valence-electron chi connectivity index (χ1n) is 4.51. The summed E-state index contributed by atoms with van der Waals surface area (Å²) in [5.74, 6) is -0.304. The third-order valence-corrected chi connectivity index (χ3v) is 2.23. The van der Waals surface area contributed by atoms with Crippen molar-refractivity contribution in [3.63, 3.8) is 0 Å². The van der Waals surface area contributed by atoms with Gasteiger partial charge in [-0.15, -0.1) is 0 Å². The van der Waals surface area contributed by atoms with Crippen LogP contribution in [0.4, 0.5) is 0 Å². The number of aldehydes is 1. The van der Waals surface area contributed by atoms with Crippen LogP contribution in [0.3, 0.4) is 0 Å². The van der Waals surface area contributed by atoms with Crippen molar-refractivity contribution in [2.75, 3.05) is 7.11 Å². The molecule has 0 radical (unpaired) electrons. The summed E-state index contributed by atoms with van der Waals surface area (Å²) >= 11 is 0. The van der Waals surface area contributed by atoms with E-state index in [2.05, 4.69) is 4.74 Å². The van der Waals surface area contributed by atoms with Crippen LogP contribution in [0.1, 0.15) is 33.6 Å². The van der Waals surface area contributed by atoms with Gasteiger partial charge < -0.3 is 9.53 Å². The lowest BCUT2D eigenvalue weighted by Gasteiger charge is -2.23. The van der Waals surface area contributed by atoms with Crippen LogP contribution in [0, 0.1) is 11.3 Å². The lowest BCUT2D eigenvalue weighted by atomic mass is 9.82. The topological polar surface area (TPSA) is 43.4 Å². The van der Waals surface area contributed by atoms with Gasteiger partial charge >= 0.3 is 5.97 Å². The van der Waals surface area contributed by atoms with E-state index in [4.69, 9.17) is 0 Å². The molecular formula is C10H18O3. The average molecular weight is 186 g/mol. The molecule has 0 N–H and O–H groups in total. The minimum Gasteiger partial charge on any atom is -0.469 e. The number of carbonyl (C=O) groups excluding carboxylic acids is 2. The van der Waals surface area contributed by atoms with Crippen LogP contribution in [-0.4, -0.2) is 19.4 Å². The Hall–Kier alpha value is -0.860. The summed E-state index contributed by atoms with van der Waals surface area (Å²) in [4.78, 5) is 21.8. The van der Waals surface area contributed by atoms with Crippen LogP contribution in [0.25, 0.3) is 0 Å². The summed E-state index contributed by atoms with van der Waals surface area (Å²) in [6.07, 6.45) is 2.23. The summed E-state index contributed by atoms with van der Waals surface area (Å²) < 4.78 is 4.65. The van der Waals surface area contributed by atoms with Crippen LogP contribution in [0.15, 0.2) is 0 Å². The van der Waals surface area contributed by atoms with Crippen LogP contribution in [0.5, 0.6) is 0 Å². The number of carbonyl (C=O) groups is 2. The first-order chi connectivity index (χ1) is 5.97. The van der Waals surface area contributed by atoms with E-state index in [1.807, 2.05) is 6.92 Å². The SMILES string of the molecule is CCC(C=O)CC(C)(C)C(=O)OC. The maximum atomic E-state index is 11.3. The number of methoxy groups -OCH3 is 1. The molecule has 3 heteroatoms. The molecule has 0 aliphatic heterocycles. The minimum atomic E-state index is -0.559. The van der Waals surface area contributed by atoms with Gasteiger partial charge in [0, 0.05) is 5.92 Å². The van der Waals surface area contributed by atoms with Crippen molar-refractivity contribution in [3.05, 3.63) is 0 Å².